The lowest BCUT2D eigenvalue weighted by atomic mass is 10.1. The van der Waals surface area contributed by atoms with Gasteiger partial charge in [0.25, 0.3) is 0 Å². The van der Waals surface area contributed by atoms with Gasteiger partial charge in [0.1, 0.15) is 17.7 Å². The number of halogens is 3. The molecule has 4 rings (SSSR count). The molecule has 0 radical (unpaired) electrons. The maximum atomic E-state index is 14.8. The highest BCUT2D eigenvalue weighted by Crippen LogP contribution is 2.33. The summed E-state index contributed by atoms with van der Waals surface area (Å²) in [5, 5.41) is 8.63. The van der Waals surface area contributed by atoms with Crippen molar-refractivity contribution >= 4 is 46.0 Å². The zero-order chi connectivity index (χ0) is 22.0. The molecule has 0 saturated heterocycles. The molecule has 0 aliphatic rings. The van der Waals surface area contributed by atoms with E-state index in [1.807, 2.05) is 6.92 Å². The molecule has 1 unspecified atom stereocenters. The van der Waals surface area contributed by atoms with E-state index < -0.39 is 11.9 Å². The molecule has 31 heavy (non-hydrogen) atoms. The van der Waals surface area contributed by atoms with Crippen LogP contribution in [0.3, 0.4) is 0 Å². The van der Waals surface area contributed by atoms with Crippen LogP contribution in [0.5, 0.6) is 5.75 Å². The van der Waals surface area contributed by atoms with Gasteiger partial charge in [0.15, 0.2) is 0 Å². The lowest BCUT2D eigenvalue weighted by Gasteiger charge is -2.17. The number of aromatic amines is 1. The number of hydrogen-bond donors (Lipinski definition) is 2. The van der Waals surface area contributed by atoms with E-state index in [0.717, 1.165) is 0 Å². The maximum Gasteiger partial charge on any atom is 0.134 e. The summed E-state index contributed by atoms with van der Waals surface area (Å²) in [7, 11) is 0. The van der Waals surface area contributed by atoms with Crippen molar-refractivity contribution in [3.05, 3.63) is 81.5 Å². The molecule has 4 aromatic rings. The van der Waals surface area contributed by atoms with E-state index >= 15 is 0 Å². The summed E-state index contributed by atoms with van der Waals surface area (Å²) in [5.74, 6) is 0.117. The molecule has 6 nitrogen and oxygen atoms in total. The largest absolute Gasteiger partial charge is 0.486 e. The van der Waals surface area contributed by atoms with Crippen molar-refractivity contribution in [2.45, 2.75) is 19.6 Å². The van der Waals surface area contributed by atoms with Crippen LogP contribution in [0.15, 0.2) is 48.9 Å². The summed E-state index contributed by atoms with van der Waals surface area (Å²) < 4.78 is 20.8. The Balaban J connectivity index is 1.63. The number of nitrogens with zero attached hydrogens (tertiary/aromatic N) is 3. The first-order valence-electron chi connectivity index (χ1n) is 9.42. The second kappa shape index (κ2) is 9.01. The molecule has 0 aliphatic carbocycles. The number of nitrogens with one attached hydrogen (secondary N) is 1. The number of nitrogens with two attached hydrogens (primary N) is 1. The first-order valence-corrected chi connectivity index (χ1v) is 10.2. The van der Waals surface area contributed by atoms with Crippen LogP contribution in [0.25, 0.3) is 22.8 Å². The fraction of sp³-hybridized carbons (Fsp3) is 0.136. The van der Waals surface area contributed by atoms with E-state index in [1.54, 1.807) is 30.3 Å². The van der Waals surface area contributed by atoms with Gasteiger partial charge in [-0.15, -0.1) is 0 Å². The molecule has 1 aromatic carbocycles. The molecule has 1 atom stereocenters. The van der Waals surface area contributed by atoms with Crippen molar-refractivity contribution in [1.29, 1.82) is 0 Å². The van der Waals surface area contributed by atoms with Gasteiger partial charge in [0, 0.05) is 47.7 Å². The standard InChI is InChI=1S/C22H18Cl2FN5O/c1-12(22-17(23)10-27-11-18(22)24)31-15-4-5-20-16(6-15)21(30-29-20)7-19(25)13-2-3-14(8-26)28-9-13/h2-7,9-12H,8,26H2,1H3,(H,29,30)/b19-7-. The maximum absolute atomic E-state index is 14.8. The van der Waals surface area contributed by atoms with Crippen LogP contribution in [0.4, 0.5) is 4.39 Å². The van der Waals surface area contributed by atoms with Gasteiger partial charge in [0.2, 0.25) is 0 Å². The summed E-state index contributed by atoms with van der Waals surface area (Å²) in [4.78, 5) is 8.08. The van der Waals surface area contributed by atoms with Crippen LogP contribution in [-0.2, 0) is 6.54 Å². The SMILES string of the molecule is CC(Oc1ccc2n[nH]c(/C=C(\F)c3ccc(CN)nc3)c2c1)c1c(Cl)cncc1Cl. The topological polar surface area (TPSA) is 89.7 Å². The highest BCUT2D eigenvalue weighted by Gasteiger charge is 2.17. The van der Waals surface area contributed by atoms with Crippen LogP contribution < -0.4 is 10.5 Å². The number of aromatic nitrogens is 4. The molecule has 0 bridgehead atoms. The number of fused-ring (bicyclic) bond motifs is 1. The van der Waals surface area contributed by atoms with Crippen molar-refractivity contribution in [1.82, 2.24) is 20.2 Å². The fourth-order valence-corrected chi connectivity index (χ4v) is 3.83. The molecule has 0 saturated carbocycles. The van der Waals surface area contributed by atoms with Crippen molar-refractivity contribution in [3.8, 4) is 5.75 Å². The molecule has 9 heteroatoms. The Morgan fingerprint density at radius 3 is 2.65 bits per heavy atom. The van der Waals surface area contributed by atoms with Crippen molar-refractivity contribution in [2.75, 3.05) is 0 Å². The predicted octanol–water partition coefficient (Wildman–Crippen LogP) is 5.73. The summed E-state index contributed by atoms with van der Waals surface area (Å²) in [6.45, 7) is 2.14. The van der Waals surface area contributed by atoms with E-state index in [4.69, 9.17) is 33.7 Å². The molecular formula is C22H18Cl2FN5O. The number of hydrogen-bond acceptors (Lipinski definition) is 5. The van der Waals surface area contributed by atoms with Crippen LogP contribution in [0.2, 0.25) is 10.0 Å². The van der Waals surface area contributed by atoms with E-state index in [-0.39, 0.29) is 0 Å². The van der Waals surface area contributed by atoms with Gasteiger partial charge in [-0.3, -0.25) is 15.1 Å². The Bertz CT molecular complexity index is 1240. The normalized spacial score (nSPS) is 12.9. The number of benzene rings is 1. The molecule has 3 aromatic heterocycles. The smallest absolute Gasteiger partial charge is 0.134 e. The third-order valence-electron chi connectivity index (χ3n) is 4.75. The molecule has 3 heterocycles. The third kappa shape index (κ3) is 4.54. The second-order valence-electron chi connectivity index (χ2n) is 6.83. The van der Waals surface area contributed by atoms with Gasteiger partial charge in [-0.2, -0.15) is 5.10 Å². The summed E-state index contributed by atoms with van der Waals surface area (Å²) in [6, 6.07) is 8.68. The molecule has 0 aliphatic heterocycles. The van der Waals surface area contributed by atoms with Gasteiger partial charge in [-0.25, -0.2) is 4.39 Å². The zero-order valence-electron chi connectivity index (χ0n) is 16.4. The van der Waals surface area contributed by atoms with Crippen LogP contribution in [0, 0.1) is 0 Å². The first kappa shape index (κ1) is 21.2. The predicted molar refractivity (Wildman–Crippen MR) is 121 cm³/mol. The van der Waals surface area contributed by atoms with Gasteiger partial charge >= 0.3 is 0 Å². The second-order valence-corrected chi connectivity index (χ2v) is 7.64. The molecule has 158 valence electrons. The third-order valence-corrected chi connectivity index (χ3v) is 5.35. The lowest BCUT2D eigenvalue weighted by molar-refractivity contribution is 0.227. The zero-order valence-corrected chi connectivity index (χ0v) is 18.0. The number of H-pyrrole nitrogens is 1. The highest BCUT2D eigenvalue weighted by molar-refractivity contribution is 6.35. The average molecular weight is 458 g/mol. The van der Waals surface area contributed by atoms with Gasteiger partial charge in [-0.1, -0.05) is 23.2 Å². The molecule has 0 amide bonds. The van der Waals surface area contributed by atoms with Gasteiger partial charge in [0.05, 0.1) is 26.9 Å². The average Bonchev–Trinajstić information content (AvgIpc) is 3.15. The molecular weight excluding hydrogens is 440 g/mol. The van der Waals surface area contributed by atoms with Crippen molar-refractivity contribution in [3.63, 3.8) is 0 Å². The van der Waals surface area contributed by atoms with Gasteiger partial charge in [-0.05, 0) is 37.3 Å². The molecule has 0 fully saturated rings. The van der Waals surface area contributed by atoms with Crippen LogP contribution >= 0.6 is 23.2 Å². The minimum absolute atomic E-state index is 0.300. The number of rotatable bonds is 6. The Labute approximate surface area is 187 Å². The summed E-state index contributed by atoms with van der Waals surface area (Å²) >= 11 is 12.4. The first-order chi connectivity index (χ1) is 15.0. The minimum atomic E-state index is -0.448. The Morgan fingerprint density at radius 1 is 1.19 bits per heavy atom. The minimum Gasteiger partial charge on any atom is -0.486 e. The molecule has 0 spiro atoms. The molecule has 3 N–H and O–H groups in total. The summed E-state index contributed by atoms with van der Waals surface area (Å²) in [6.07, 6.45) is 5.43. The highest BCUT2D eigenvalue weighted by atomic mass is 35.5. The summed E-state index contributed by atoms with van der Waals surface area (Å²) in [5.41, 5.74) is 8.40. The van der Waals surface area contributed by atoms with E-state index in [2.05, 4.69) is 20.2 Å². The quantitative estimate of drug-likeness (QED) is 0.386. The monoisotopic (exact) mass is 457 g/mol. The number of pyridine rings is 2. The van der Waals surface area contributed by atoms with E-state index in [9.17, 15) is 4.39 Å². The van der Waals surface area contributed by atoms with Crippen molar-refractivity contribution < 1.29 is 9.13 Å². The van der Waals surface area contributed by atoms with Gasteiger partial charge < -0.3 is 10.5 Å². The van der Waals surface area contributed by atoms with E-state index in [1.165, 1.54) is 24.7 Å². The van der Waals surface area contributed by atoms with Crippen molar-refractivity contribution in [2.24, 2.45) is 5.73 Å². The lowest BCUT2D eigenvalue weighted by Crippen LogP contribution is -2.05. The van der Waals surface area contributed by atoms with Crippen LogP contribution in [0.1, 0.15) is 35.5 Å². The van der Waals surface area contributed by atoms with Crippen LogP contribution in [-0.4, -0.2) is 20.2 Å². The van der Waals surface area contributed by atoms with E-state index in [0.29, 0.717) is 55.8 Å². The Morgan fingerprint density at radius 2 is 1.97 bits per heavy atom. The Kier molecular flexibility index (Phi) is 6.18. The Hall–Kier alpha value is -3.00. The fourth-order valence-electron chi connectivity index (χ4n) is 3.16. The number of ether oxygens (including phenoxy) is 1.